The van der Waals surface area contributed by atoms with E-state index in [0.717, 1.165) is 16.5 Å². The number of pyridine rings is 1. The molecular weight excluding hydrogens is 261 g/mol. The number of aromatic nitrogens is 1. The molecule has 0 unspecified atom stereocenters. The van der Waals surface area contributed by atoms with Crippen LogP contribution in [0.1, 0.15) is 15.9 Å². The Bertz CT molecular complexity index is 611. The highest BCUT2D eigenvalue weighted by Gasteiger charge is 2.14. The lowest BCUT2D eigenvalue weighted by molar-refractivity contribution is 0.0600. The van der Waals surface area contributed by atoms with Gasteiger partial charge in [0.05, 0.1) is 18.2 Å². The number of benzene rings is 1. The van der Waals surface area contributed by atoms with Gasteiger partial charge in [0.1, 0.15) is 5.15 Å². The SMILES string of the molecule is COC(=O)c1cc2cc(Cl)cc(C)c2nc1Cl. The van der Waals surface area contributed by atoms with Gasteiger partial charge in [0.25, 0.3) is 0 Å². The molecule has 1 aromatic heterocycles. The molecule has 0 fully saturated rings. The first-order valence-electron chi connectivity index (χ1n) is 4.87. The molecule has 88 valence electrons. The average Bonchev–Trinajstić information content (AvgIpc) is 2.28. The number of carbonyl (C=O) groups is 1. The van der Waals surface area contributed by atoms with Gasteiger partial charge in [0, 0.05) is 10.4 Å². The topological polar surface area (TPSA) is 39.2 Å². The molecule has 0 aliphatic rings. The van der Waals surface area contributed by atoms with Crippen LogP contribution in [0.15, 0.2) is 18.2 Å². The van der Waals surface area contributed by atoms with Crippen molar-refractivity contribution < 1.29 is 9.53 Å². The number of carbonyl (C=O) groups excluding carboxylic acids is 1. The highest BCUT2D eigenvalue weighted by Crippen LogP contribution is 2.26. The first kappa shape index (κ1) is 12.1. The Hall–Kier alpha value is -1.32. The molecule has 0 amide bonds. The van der Waals surface area contributed by atoms with Crippen molar-refractivity contribution in [3.63, 3.8) is 0 Å². The van der Waals surface area contributed by atoms with Crippen molar-refractivity contribution in [3.8, 4) is 0 Å². The van der Waals surface area contributed by atoms with Crippen molar-refractivity contribution in [2.75, 3.05) is 7.11 Å². The quantitative estimate of drug-likeness (QED) is 0.586. The molecule has 0 atom stereocenters. The van der Waals surface area contributed by atoms with Crippen LogP contribution in [0.4, 0.5) is 0 Å². The third-order valence-electron chi connectivity index (χ3n) is 2.43. The third kappa shape index (κ3) is 2.21. The molecule has 0 aliphatic heterocycles. The summed E-state index contributed by atoms with van der Waals surface area (Å²) in [4.78, 5) is 15.7. The molecule has 1 heterocycles. The molecule has 0 bridgehead atoms. The second-order valence-electron chi connectivity index (χ2n) is 3.61. The van der Waals surface area contributed by atoms with Crippen LogP contribution in [0.5, 0.6) is 0 Å². The van der Waals surface area contributed by atoms with Gasteiger partial charge in [0.2, 0.25) is 0 Å². The predicted molar refractivity (Wildman–Crippen MR) is 67.8 cm³/mol. The number of methoxy groups -OCH3 is 1. The number of hydrogen-bond donors (Lipinski definition) is 0. The summed E-state index contributed by atoms with van der Waals surface area (Å²) in [6.45, 7) is 1.88. The second kappa shape index (κ2) is 4.51. The van der Waals surface area contributed by atoms with Gasteiger partial charge in [0.15, 0.2) is 0 Å². The van der Waals surface area contributed by atoms with Crippen LogP contribution in [-0.4, -0.2) is 18.1 Å². The van der Waals surface area contributed by atoms with E-state index in [1.807, 2.05) is 6.92 Å². The lowest BCUT2D eigenvalue weighted by Gasteiger charge is -2.06. The summed E-state index contributed by atoms with van der Waals surface area (Å²) in [5, 5.41) is 1.49. The summed E-state index contributed by atoms with van der Waals surface area (Å²) in [6.07, 6.45) is 0. The first-order valence-corrected chi connectivity index (χ1v) is 5.63. The van der Waals surface area contributed by atoms with Gasteiger partial charge in [-0.2, -0.15) is 0 Å². The number of rotatable bonds is 1. The van der Waals surface area contributed by atoms with Crippen molar-refractivity contribution in [3.05, 3.63) is 39.5 Å². The summed E-state index contributed by atoms with van der Waals surface area (Å²) in [6, 6.07) is 5.17. The number of halogens is 2. The van der Waals surface area contributed by atoms with Crippen LogP contribution in [-0.2, 0) is 4.74 Å². The molecule has 1 aromatic carbocycles. The Balaban J connectivity index is 2.76. The van der Waals surface area contributed by atoms with Gasteiger partial charge in [-0.3, -0.25) is 0 Å². The lowest BCUT2D eigenvalue weighted by Crippen LogP contribution is -2.03. The first-order chi connectivity index (χ1) is 8.02. The van der Waals surface area contributed by atoms with E-state index in [9.17, 15) is 4.79 Å². The largest absolute Gasteiger partial charge is 0.465 e. The van der Waals surface area contributed by atoms with Crippen molar-refractivity contribution in [2.24, 2.45) is 0 Å². The van der Waals surface area contributed by atoms with E-state index in [4.69, 9.17) is 23.2 Å². The Labute approximate surface area is 108 Å². The zero-order valence-corrected chi connectivity index (χ0v) is 10.8. The van der Waals surface area contributed by atoms with Crippen LogP contribution in [0.3, 0.4) is 0 Å². The summed E-state index contributed by atoms with van der Waals surface area (Å²) >= 11 is 11.9. The number of fused-ring (bicyclic) bond motifs is 1. The van der Waals surface area contributed by atoms with Crippen molar-refractivity contribution >= 4 is 40.1 Å². The molecule has 0 saturated carbocycles. The fourth-order valence-electron chi connectivity index (χ4n) is 1.65. The molecule has 2 aromatic rings. The molecule has 5 heteroatoms. The van der Waals surface area contributed by atoms with E-state index >= 15 is 0 Å². The third-order valence-corrected chi connectivity index (χ3v) is 2.94. The minimum absolute atomic E-state index is 0.134. The molecule has 0 radical (unpaired) electrons. The van der Waals surface area contributed by atoms with Crippen LogP contribution < -0.4 is 0 Å². The molecule has 3 nitrogen and oxygen atoms in total. The minimum atomic E-state index is -0.512. The molecule has 2 rings (SSSR count). The Kier molecular flexibility index (Phi) is 3.22. The van der Waals surface area contributed by atoms with E-state index < -0.39 is 5.97 Å². The van der Waals surface area contributed by atoms with Gasteiger partial charge >= 0.3 is 5.97 Å². The van der Waals surface area contributed by atoms with Gasteiger partial charge in [-0.25, -0.2) is 9.78 Å². The summed E-state index contributed by atoms with van der Waals surface area (Å²) in [5.41, 5.74) is 1.88. The maximum absolute atomic E-state index is 11.5. The Morgan fingerprint density at radius 2 is 2.00 bits per heavy atom. The molecule has 0 saturated heterocycles. The molecule has 0 N–H and O–H groups in total. The molecular formula is C12H9Cl2NO2. The van der Waals surface area contributed by atoms with Crippen LogP contribution in [0.25, 0.3) is 10.9 Å². The van der Waals surface area contributed by atoms with Crippen molar-refractivity contribution in [1.82, 2.24) is 4.98 Å². The zero-order valence-electron chi connectivity index (χ0n) is 9.25. The van der Waals surface area contributed by atoms with Crippen molar-refractivity contribution in [1.29, 1.82) is 0 Å². The Morgan fingerprint density at radius 1 is 1.29 bits per heavy atom. The van der Waals surface area contributed by atoms with E-state index in [-0.39, 0.29) is 10.7 Å². The van der Waals surface area contributed by atoms with Gasteiger partial charge in [-0.1, -0.05) is 23.2 Å². The number of ether oxygens (including phenoxy) is 1. The molecule has 17 heavy (non-hydrogen) atoms. The number of aryl methyl sites for hydroxylation is 1. The van der Waals surface area contributed by atoms with E-state index in [1.54, 1.807) is 18.2 Å². The standard InChI is InChI=1S/C12H9Cl2NO2/c1-6-3-8(13)4-7-5-9(12(16)17-2)11(14)15-10(6)7/h3-5H,1-2H3. The fraction of sp³-hybridized carbons (Fsp3) is 0.167. The van der Waals surface area contributed by atoms with Gasteiger partial charge in [-0.05, 0) is 30.7 Å². The van der Waals surface area contributed by atoms with Crippen LogP contribution in [0, 0.1) is 6.92 Å². The number of hydrogen-bond acceptors (Lipinski definition) is 3. The highest BCUT2D eigenvalue weighted by molar-refractivity contribution is 6.33. The fourth-order valence-corrected chi connectivity index (χ4v) is 2.15. The summed E-state index contributed by atoms with van der Waals surface area (Å²) in [5.74, 6) is -0.512. The highest BCUT2D eigenvalue weighted by atomic mass is 35.5. The number of esters is 1. The van der Waals surface area contributed by atoms with Crippen LogP contribution in [0.2, 0.25) is 10.2 Å². The van der Waals surface area contributed by atoms with E-state index in [2.05, 4.69) is 9.72 Å². The number of nitrogens with zero attached hydrogens (tertiary/aromatic N) is 1. The normalized spacial score (nSPS) is 10.6. The summed E-state index contributed by atoms with van der Waals surface area (Å²) in [7, 11) is 1.30. The smallest absolute Gasteiger partial charge is 0.341 e. The van der Waals surface area contributed by atoms with E-state index in [0.29, 0.717) is 5.02 Å². The minimum Gasteiger partial charge on any atom is -0.465 e. The molecule has 0 aliphatic carbocycles. The lowest BCUT2D eigenvalue weighted by atomic mass is 10.1. The van der Waals surface area contributed by atoms with Crippen molar-refractivity contribution in [2.45, 2.75) is 6.92 Å². The van der Waals surface area contributed by atoms with Gasteiger partial charge < -0.3 is 4.74 Å². The second-order valence-corrected chi connectivity index (χ2v) is 4.41. The average molecular weight is 270 g/mol. The van der Waals surface area contributed by atoms with Gasteiger partial charge in [-0.15, -0.1) is 0 Å². The maximum Gasteiger partial charge on any atom is 0.341 e. The Morgan fingerprint density at radius 3 is 2.65 bits per heavy atom. The van der Waals surface area contributed by atoms with E-state index in [1.165, 1.54) is 7.11 Å². The summed E-state index contributed by atoms with van der Waals surface area (Å²) < 4.78 is 4.63. The maximum atomic E-state index is 11.5. The zero-order chi connectivity index (χ0) is 12.6. The van der Waals surface area contributed by atoms with Crippen LogP contribution >= 0.6 is 23.2 Å². The monoisotopic (exact) mass is 269 g/mol. The molecule has 0 spiro atoms. The predicted octanol–water partition coefficient (Wildman–Crippen LogP) is 3.64.